The van der Waals surface area contributed by atoms with Crippen LogP contribution >= 0.6 is 11.3 Å². The van der Waals surface area contributed by atoms with E-state index in [2.05, 4.69) is 35.2 Å². The molecule has 1 aliphatic heterocycles. The molecule has 0 saturated carbocycles. The number of benzene rings is 1. The molecule has 1 aromatic carbocycles. The first-order valence-electron chi connectivity index (χ1n) is 8.31. The van der Waals surface area contributed by atoms with Crippen molar-refractivity contribution in [3.8, 4) is 0 Å². The van der Waals surface area contributed by atoms with Gasteiger partial charge in [-0.3, -0.25) is 4.79 Å². The molecule has 23 heavy (non-hydrogen) atoms. The molecule has 0 radical (unpaired) electrons. The van der Waals surface area contributed by atoms with Gasteiger partial charge >= 0.3 is 0 Å². The van der Waals surface area contributed by atoms with Crippen LogP contribution in [0.2, 0.25) is 0 Å². The maximum atomic E-state index is 12.5. The first kappa shape index (κ1) is 16.2. The van der Waals surface area contributed by atoms with Gasteiger partial charge in [-0.1, -0.05) is 36.4 Å². The summed E-state index contributed by atoms with van der Waals surface area (Å²) >= 11 is 1.53. The number of amides is 1. The zero-order valence-electron chi connectivity index (χ0n) is 13.6. The minimum atomic E-state index is 0.162. The van der Waals surface area contributed by atoms with Crippen molar-refractivity contribution in [3.63, 3.8) is 0 Å². The van der Waals surface area contributed by atoms with Crippen molar-refractivity contribution in [1.82, 2.24) is 9.80 Å². The summed E-state index contributed by atoms with van der Waals surface area (Å²) in [4.78, 5) is 17.8. The number of carbonyl (C=O) groups is 1. The van der Waals surface area contributed by atoms with Crippen LogP contribution in [0.1, 0.15) is 28.1 Å². The second-order valence-electron chi connectivity index (χ2n) is 6.23. The number of thiophene rings is 1. The third-order valence-corrected chi connectivity index (χ3v) is 5.50. The van der Waals surface area contributed by atoms with Gasteiger partial charge in [-0.05, 0) is 42.8 Å². The number of carbonyl (C=O) groups excluding carboxylic acids is 1. The molecule has 1 fully saturated rings. The first-order chi connectivity index (χ1) is 11.2. The maximum Gasteiger partial charge on any atom is 0.263 e. The van der Waals surface area contributed by atoms with Gasteiger partial charge in [0.25, 0.3) is 5.91 Å². The van der Waals surface area contributed by atoms with Gasteiger partial charge in [0.2, 0.25) is 0 Å². The van der Waals surface area contributed by atoms with Gasteiger partial charge in [0.1, 0.15) is 0 Å². The standard InChI is InChI=1S/C19H24N2OS/c1-20(19(22)18-10-6-14-23-18)17-9-5-12-21(15-17)13-11-16-7-3-2-4-8-16/h2-4,6-8,10,14,17H,5,9,11-13,15H2,1H3. The largest absolute Gasteiger partial charge is 0.337 e. The average molecular weight is 328 g/mol. The highest BCUT2D eigenvalue weighted by Crippen LogP contribution is 2.19. The van der Waals surface area contributed by atoms with Crippen LogP contribution in [0, 0.1) is 0 Å². The Morgan fingerprint density at radius 1 is 1.26 bits per heavy atom. The predicted molar refractivity (Wildman–Crippen MR) is 96.0 cm³/mol. The second kappa shape index (κ2) is 7.75. The molecule has 3 nitrogen and oxygen atoms in total. The Hall–Kier alpha value is -1.65. The summed E-state index contributed by atoms with van der Waals surface area (Å²) in [6, 6.07) is 14.8. The molecule has 3 rings (SSSR count). The highest BCUT2D eigenvalue weighted by Gasteiger charge is 2.26. The van der Waals surface area contributed by atoms with Crippen LogP contribution in [-0.2, 0) is 6.42 Å². The Bertz CT molecular complexity index is 612. The Labute approximate surface area is 142 Å². The predicted octanol–water partition coefficient (Wildman–Crippen LogP) is 3.53. The van der Waals surface area contributed by atoms with Crippen LogP contribution in [-0.4, -0.2) is 48.4 Å². The molecule has 0 spiro atoms. The summed E-state index contributed by atoms with van der Waals surface area (Å²) in [7, 11) is 1.95. The number of likely N-dealkylation sites (N-methyl/N-ethyl adjacent to an activating group) is 1. The van der Waals surface area contributed by atoms with Crippen molar-refractivity contribution < 1.29 is 4.79 Å². The van der Waals surface area contributed by atoms with E-state index in [0.717, 1.165) is 37.4 Å². The number of rotatable bonds is 5. The topological polar surface area (TPSA) is 23.6 Å². The second-order valence-corrected chi connectivity index (χ2v) is 7.17. The van der Waals surface area contributed by atoms with Crippen LogP contribution < -0.4 is 0 Å². The number of nitrogens with zero attached hydrogens (tertiary/aromatic N) is 2. The monoisotopic (exact) mass is 328 g/mol. The third kappa shape index (κ3) is 4.21. The number of piperidine rings is 1. The van der Waals surface area contributed by atoms with E-state index >= 15 is 0 Å². The van der Waals surface area contributed by atoms with Crippen molar-refractivity contribution in [2.24, 2.45) is 0 Å². The molecule has 1 aliphatic rings. The van der Waals surface area contributed by atoms with E-state index in [9.17, 15) is 4.79 Å². The lowest BCUT2D eigenvalue weighted by Gasteiger charge is -2.37. The first-order valence-corrected chi connectivity index (χ1v) is 9.19. The number of hydrogen-bond acceptors (Lipinski definition) is 3. The highest BCUT2D eigenvalue weighted by molar-refractivity contribution is 7.12. The third-order valence-electron chi connectivity index (χ3n) is 4.64. The van der Waals surface area contributed by atoms with Crippen molar-refractivity contribution in [3.05, 3.63) is 58.3 Å². The molecule has 1 atom stereocenters. The zero-order chi connectivity index (χ0) is 16.1. The minimum Gasteiger partial charge on any atom is -0.337 e. The molecule has 2 heterocycles. The Kier molecular flexibility index (Phi) is 5.47. The van der Waals surface area contributed by atoms with Crippen LogP contribution in [0.5, 0.6) is 0 Å². The highest BCUT2D eigenvalue weighted by atomic mass is 32.1. The van der Waals surface area contributed by atoms with E-state index in [1.165, 1.54) is 23.3 Å². The lowest BCUT2D eigenvalue weighted by molar-refractivity contribution is 0.0624. The smallest absolute Gasteiger partial charge is 0.263 e. The van der Waals surface area contributed by atoms with Gasteiger partial charge in [0.05, 0.1) is 4.88 Å². The van der Waals surface area contributed by atoms with Crippen molar-refractivity contribution in [1.29, 1.82) is 0 Å². The lowest BCUT2D eigenvalue weighted by Crippen LogP contribution is -2.48. The van der Waals surface area contributed by atoms with Gasteiger partial charge in [0.15, 0.2) is 0 Å². The van der Waals surface area contributed by atoms with Crippen molar-refractivity contribution in [2.45, 2.75) is 25.3 Å². The average Bonchev–Trinajstić information content (AvgIpc) is 3.14. The summed E-state index contributed by atoms with van der Waals surface area (Å²) in [5.74, 6) is 0.162. The van der Waals surface area contributed by atoms with Crippen molar-refractivity contribution in [2.75, 3.05) is 26.7 Å². The number of hydrogen-bond donors (Lipinski definition) is 0. The molecule has 0 aliphatic carbocycles. The fourth-order valence-corrected chi connectivity index (χ4v) is 3.93. The van der Waals surface area contributed by atoms with Gasteiger partial charge in [-0.2, -0.15) is 0 Å². The summed E-state index contributed by atoms with van der Waals surface area (Å²) < 4.78 is 0. The normalized spacial score (nSPS) is 18.7. The van der Waals surface area contributed by atoms with E-state index in [0.29, 0.717) is 6.04 Å². The van der Waals surface area contributed by atoms with E-state index < -0.39 is 0 Å². The van der Waals surface area contributed by atoms with Gasteiger partial charge in [-0.25, -0.2) is 0 Å². The molecule has 0 N–H and O–H groups in total. The zero-order valence-corrected chi connectivity index (χ0v) is 14.5. The lowest BCUT2D eigenvalue weighted by atomic mass is 10.0. The maximum absolute atomic E-state index is 12.5. The van der Waals surface area contributed by atoms with Crippen LogP contribution in [0.25, 0.3) is 0 Å². The van der Waals surface area contributed by atoms with Crippen LogP contribution in [0.4, 0.5) is 0 Å². The molecule has 1 amide bonds. The van der Waals surface area contributed by atoms with E-state index in [4.69, 9.17) is 0 Å². The van der Waals surface area contributed by atoms with E-state index in [1.54, 1.807) is 0 Å². The molecular weight excluding hydrogens is 304 g/mol. The quantitative estimate of drug-likeness (QED) is 0.838. The van der Waals surface area contributed by atoms with Crippen molar-refractivity contribution >= 4 is 17.2 Å². The molecular formula is C19H24N2OS. The Morgan fingerprint density at radius 3 is 2.83 bits per heavy atom. The SMILES string of the molecule is CN(C(=O)c1cccs1)C1CCCN(CCc2ccccc2)C1. The van der Waals surface area contributed by atoms with Crippen LogP contribution in [0.15, 0.2) is 47.8 Å². The fraction of sp³-hybridized carbons (Fsp3) is 0.421. The molecule has 1 aromatic heterocycles. The summed E-state index contributed by atoms with van der Waals surface area (Å²) in [5.41, 5.74) is 1.39. The van der Waals surface area contributed by atoms with E-state index in [-0.39, 0.29) is 5.91 Å². The molecule has 0 bridgehead atoms. The summed E-state index contributed by atoms with van der Waals surface area (Å²) in [6.45, 7) is 3.20. The van der Waals surface area contributed by atoms with Gasteiger partial charge in [0, 0.05) is 26.2 Å². The van der Waals surface area contributed by atoms with E-state index in [1.807, 2.05) is 29.5 Å². The van der Waals surface area contributed by atoms with Gasteiger partial charge < -0.3 is 9.80 Å². The molecule has 1 saturated heterocycles. The minimum absolute atomic E-state index is 0.162. The number of likely N-dealkylation sites (tertiary alicyclic amines) is 1. The summed E-state index contributed by atoms with van der Waals surface area (Å²) in [6.07, 6.45) is 3.35. The fourth-order valence-electron chi connectivity index (χ4n) is 3.22. The van der Waals surface area contributed by atoms with Crippen LogP contribution in [0.3, 0.4) is 0 Å². The molecule has 1 unspecified atom stereocenters. The Morgan fingerprint density at radius 2 is 2.09 bits per heavy atom. The molecule has 4 heteroatoms. The molecule has 2 aromatic rings. The molecule has 122 valence electrons. The summed E-state index contributed by atoms with van der Waals surface area (Å²) in [5, 5.41) is 1.97. The van der Waals surface area contributed by atoms with Gasteiger partial charge in [-0.15, -0.1) is 11.3 Å². The Balaban J connectivity index is 1.54.